The topological polar surface area (TPSA) is 50.4 Å². The van der Waals surface area contributed by atoms with Crippen LogP contribution >= 0.6 is 12.2 Å². The van der Waals surface area contributed by atoms with Crippen molar-refractivity contribution in [2.24, 2.45) is 11.8 Å². The zero-order valence-corrected chi connectivity index (χ0v) is 19.8. The van der Waals surface area contributed by atoms with Gasteiger partial charge in [-0.15, -0.1) is 0 Å². The second kappa shape index (κ2) is 12.0. The number of fused-ring (bicyclic) bond motifs is 2. The highest BCUT2D eigenvalue weighted by Gasteiger charge is 2.48. The maximum Gasteiger partial charge on any atom is 0.245 e. The van der Waals surface area contributed by atoms with E-state index in [4.69, 9.17) is 17.0 Å². The lowest BCUT2D eigenvalue weighted by Crippen LogP contribution is -2.55. The number of hydrogen-bond donors (Lipinski definition) is 2. The molecule has 2 fully saturated rings. The maximum absolute atomic E-state index is 12.8. The Morgan fingerprint density at radius 2 is 1.76 bits per heavy atom. The highest BCUT2D eigenvalue weighted by molar-refractivity contribution is 7.80. The first-order valence-corrected chi connectivity index (χ1v) is 12.2. The van der Waals surface area contributed by atoms with Crippen molar-refractivity contribution in [2.45, 2.75) is 110 Å². The van der Waals surface area contributed by atoms with Crippen LogP contribution in [0.2, 0.25) is 0 Å². The number of ether oxygens (including phenoxy) is 1. The first-order valence-electron chi connectivity index (χ1n) is 11.8. The van der Waals surface area contributed by atoms with Crippen LogP contribution in [0.5, 0.6) is 0 Å². The van der Waals surface area contributed by atoms with Crippen molar-refractivity contribution < 1.29 is 9.53 Å². The van der Waals surface area contributed by atoms with Crippen molar-refractivity contribution in [3.8, 4) is 0 Å². The quantitative estimate of drug-likeness (QED) is 0.240. The van der Waals surface area contributed by atoms with Gasteiger partial charge in [-0.25, -0.2) is 0 Å². The molecule has 2 aliphatic heterocycles. The molecular formula is C24H42N2O2S. The maximum atomic E-state index is 12.8. The summed E-state index contributed by atoms with van der Waals surface area (Å²) in [5.74, 6) is 0.967. The van der Waals surface area contributed by atoms with E-state index in [1.165, 1.54) is 32.1 Å². The number of carbonyl (C=O) groups excluding carboxylic acids is 1. The van der Waals surface area contributed by atoms with Gasteiger partial charge in [0.1, 0.15) is 5.54 Å². The van der Waals surface area contributed by atoms with Crippen molar-refractivity contribution in [3.63, 3.8) is 0 Å². The Kier molecular flexibility index (Phi) is 10.1. The Morgan fingerprint density at radius 1 is 1.07 bits per heavy atom. The molecule has 1 amide bonds. The van der Waals surface area contributed by atoms with Gasteiger partial charge in [0.2, 0.25) is 5.91 Å². The minimum absolute atomic E-state index is 0.0235. The second-order valence-corrected chi connectivity index (χ2v) is 9.80. The van der Waals surface area contributed by atoms with Crippen LogP contribution in [0.3, 0.4) is 0 Å². The Labute approximate surface area is 183 Å². The van der Waals surface area contributed by atoms with Gasteiger partial charge in [0.05, 0.1) is 17.2 Å². The predicted molar refractivity (Wildman–Crippen MR) is 125 cm³/mol. The summed E-state index contributed by atoms with van der Waals surface area (Å²) in [6, 6.07) is 0. The minimum atomic E-state index is -0.683. The molecule has 0 radical (unpaired) electrons. The highest BCUT2D eigenvalue weighted by Crippen LogP contribution is 2.44. The fraction of sp³-hybridized carbons (Fsp3) is 0.833. The lowest BCUT2D eigenvalue weighted by Gasteiger charge is -2.30. The van der Waals surface area contributed by atoms with Crippen LogP contribution in [-0.2, 0) is 9.53 Å². The Bertz CT molecular complexity index is 561. The molecule has 29 heavy (non-hydrogen) atoms. The Morgan fingerprint density at radius 3 is 2.45 bits per heavy atom. The average Bonchev–Trinajstić information content (AvgIpc) is 3.27. The molecule has 2 rings (SSSR count). The van der Waals surface area contributed by atoms with E-state index < -0.39 is 5.54 Å². The number of hydrogen-bond acceptors (Lipinski definition) is 3. The summed E-state index contributed by atoms with van der Waals surface area (Å²) in [6.07, 6.45) is 16.6. The van der Waals surface area contributed by atoms with E-state index in [0.717, 1.165) is 37.1 Å². The van der Waals surface area contributed by atoms with Crippen molar-refractivity contribution in [2.75, 3.05) is 6.54 Å². The van der Waals surface area contributed by atoms with Crippen LogP contribution in [0, 0.1) is 11.8 Å². The molecule has 0 saturated carbocycles. The molecule has 2 heterocycles. The number of unbranched alkanes of at least 4 members (excludes halogenated alkanes) is 4. The molecule has 0 spiro atoms. The molecule has 5 heteroatoms. The van der Waals surface area contributed by atoms with Crippen molar-refractivity contribution in [1.82, 2.24) is 10.6 Å². The normalized spacial score (nSPS) is 26.2. The van der Waals surface area contributed by atoms with E-state index in [9.17, 15) is 4.79 Å². The third-order valence-corrected chi connectivity index (χ3v) is 6.72. The van der Waals surface area contributed by atoms with Crippen LogP contribution in [0.1, 0.15) is 91.9 Å². The fourth-order valence-corrected chi connectivity index (χ4v) is 5.01. The Balaban J connectivity index is 1.82. The molecule has 2 N–H and O–H groups in total. The van der Waals surface area contributed by atoms with E-state index in [1.54, 1.807) is 0 Å². The lowest BCUT2D eigenvalue weighted by molar-refractivity contribution is -0.126. The van der Waals surface area contributed by atoms with Crippen LogP contribution < -0.4 is 10.6 Å². The zero-order valence-electron chi connectivity index (χ0n) is 19.0. The summed E-state index contributed by atoms with van der Waals surface area (Å²) in [5.41, 5.74) is -0.683. The van der Waals surface area contributed by atoms with Crippen LogP contribution in [-0.4, -0.2) is 35.2 Å². The molecule has 0 aliphatic carbocycles. The van der Waals surface area contributed by atoms with E-state index in [2.05, 4.69) is 36.6 Å². The molecule has 2 bridgehead atoms. The van der Waals surface area contributed by atoms with Gasteiger partial charge in [0, 0.05) is 12.5 Å². The van der Waals surface area contributed by atoms with Crippen molar-refractivity contribution in [1.29, 1.82) is 0 Å². The predicted octanol–water partition coefficient (Wildman–Crippen LogP) is 5.31. The summed E-state index contributed by atoms with van der Waals surface area (Å²) in [6.45, 7) is 8.94. The van der Waals surface area contributed by atoms with Crippen molar-refractivity contribution in [3.05, 3.63) is 12.2 Å². The SMILES string of the molecule is CCCCC=CC[C@H]1[C@@H](CNC(=O)C(C)(C)NC(=S)CCCCC)[C@H]2CC[C@@H]1O2. The minimum Gasteiger partial charge on any atom is -0.374 e. The van der Waals surface area contributed by atoms with Gasteiger partial charge in [-0.2, -0.15) is 0 Å². The van der Waals surface area contributed by atoms with E-state index in [0.29, 0.717) is 30.6 Å². The third kappa shape index (κ3) is 7.36. The molecule has 0 aromatic heterocycles. The second-order valence-electron chi connectivity index (χ2n) is 9.31. The summed E-state index contributed by atoms with van der Waals surface area (Å²) in [7, 11) is 0. The van der Waals surface area contributed by atoms with Crippen LogP contribution in [0.25, 0.3) is 0 Å². The first-order chi connectivity index (χ1) is 13.9. The fourth-order valence-electron chi connectivity index (χ4n) is 4.61. The number of amides is 1. The number of allylic oxidation sites excluding steroid dienone is 2. The van der Waals surface area contributed by atoms with Gasteiger partial charge in [-0.1, -0.05) is 63.9 Å². The molecular weight excluding hydrogens is 380 g/mol. The molecule has 4 atom stereocenters. The van der Waals surface area contributed by atoms with E-state index in [1.807, 2.05) is 13.8 Å². The van der Waals surface area contributed by atoms with Gasteiger partial charge in [-0.05, 0) is 58.3 Å². The lowest BCUT2D eigenvalue weighted by atomic mass is 9.77. The van der Waals surface area contributed by atoms with Gasteiger partial charge in [0.15, 0.2) is 0 Å². The smallest absolute Gasteiger partial charge is 0.245 e. The standard InChI is InChI=1S/C24H42N2O2S/c1-5-7-9-10-12-13-18-19(21-16-15-20(18)28-21)17-25-23(27)24(3,4)26-22(29)14-11-8-6-2/h10,12,18-21H,5-9,11,13-17H2,1-4H3,(H,25,27)(H,26,29)/t18-,19+,20-,21+/m0/s1. The van der Waals surface area contributed by atoms with Gasteiger partial charge >= 0.3 is 0 Å². The molecule has 2 aliphatic rings. The largest absolute Gasteiger partial charge is 0.374 e. The van der Waals surface area contributed by atoms with Gasteiger partial charge in [-0.3, -0.25) is 4.79 Å². The zero-order chi connectivity index (χ0) is 21.3. The van der Waals surface area contributed by atoms with Crippen LogP contribution in [0.4, 0.5) is 0 Å². The molecule has 166 valence electrons. The summed E-state index contributed by atoms with van der Waals surface area (Å²) < 4.78 is 6.19. The van der Waals surface area contributed by atoms with Crippen molar-refractivity contribution >= 4 is 23.1 Å². The molecule has 0 unspecified atom stereocenters. The third-order valence-electron chi connectivity index (χ3n) is 6.41. The summed E-state index contributed by atoms with van der Waals surface area (Å²) in [5, 5.41) is 6.46. The van der Waals surface area contributed by atoms with Gasteiger partial charge in [0.25, 0.3) is 0 Å². The van der Waals surface area contributed by atoms with Crippen LogP contribution in [0.15, 0.2) is 12.2 Å². The average molecular weight is 423 g/mol. The number of rotatable bonds is 13. The number of thiocarbonyl (C=S) groups is 1. The van der Waals surface area contributed by atoms with Gasteiger partial charge < -0.3 is 15.4 Å². The Hall–Kier alpha value is -0.940. The van der Waals surface area contributed by atoms with E-state index in [-0.39, 0.29) is 5.91 Å². The number of carbonyl (C=O) groups is 1. The van der Waals surface area contributed by atoms with E-state index >= 15 is 0 Å². The summed E-state index contributed by atoms with van der Waals surface area (Å²) >= 11 is 5.45. The number of nitrogens with one attached hydrogen (secondary N) is 2. The highest BCUT2D eigenvalue weighted by atomic mass is 32.1. The summed E-state index contributed by atoms with van der Waals surface area (Å²) in [4.78, 5) is 13.6. The molecule has 4 nitrogen and oxygen atoms in total. The molecule has 0 aromatic carbocycles. The first kappa shape index (κ1) is 24.3. The molecule has 2 saturated heterocycles. The molecule has 0 aromatic rings. The monoisotopic (exact) mass is 422 g/mol.